The summed E-state index contributed by atoms with van der Waals surface area (Å²) in [6.07, 6.45) is 9.17. The molecule has 1 aliphatic rings. The van der Waals surface area contributed by atoms with Gasteiger partial charge in [0.25, 0.3) is 0 Å². The van der Waals surface area contributed by atoms with E-state index in [9.17, 15) is 9.90 Å². The van der Waals surface area contributed by atoms with Crippen molar-refractivity contribution >= 4 is 5.91 Å². The standard InChI is InChI=1S/C14H25NO2/c1-3-9-14(17,10-4-2)11-15-13(16)12-7-5-6-8-12/h5-6,12,17H,3-4,7-11H2,1-2H3,(H,15,16). The van der Waals surface area contributed by atoms with Crippen molar-refractivity contribution in [2.75, 3.05) is 6.54 Å². The summed E-state index contributed by atoms with van der Waals surface area (Å²) in [7, 11) is 0. The Hall–Kier alpha value is -0.830. The molecule has 0 heterocycles. The van der Waals surface area contributed by atoms with Crippen LogP contribution in [0.25, 0.3) is 0 Å². The van der Waals surface area contributed by atoms with Crippen molar-refractivity contribution in [2.45, 2.75) is 58.0 Å². The minimum Gasteiger partial charge on any atom is -0.388 e. The number of rotatable bonds is 7. The maximum Gasteiger partial charge on any atom is 0.223 e. The van der Waals surface area contributed by atoms with Gasteiger partial charge >= 0.3 is 0 Å². The molecule has 3 nitrogen and oxygen atoms in total. The maximum atomic E-state index is 11.8. The summed E-state index contributed by atoms with van der Waals surface area (Å²) in [5.74, 6) is 0.170. The molecule has 17 heavy (non-hydrogen) atoms. The second kappa shape index (κ2) is 6.80. The predicted octanol–water partition coefficient (Wildman–Crippen LogP) is 2.40. The van der Waals surface area contributed by atoms with Gasteiger partial charge < -0.3 is 10.4 Å². The fourth-order valence-corrected chi connectivity index (χ4v) is 2.46. The molecule has 1 aliphatic carbocycles. The van der Waals surface area contributed by atoms with Crippen LogP contribution in [-0.4, -0.2) is 23.2 Å². The Morgan fingerprint density at radius 2 is 1.82 bits per heavy atom. The molecule has 0 radical (unpaired) electrons. The number of hydrogen-bond acceptors (Lipinski definition) is 2. The van der Waals surface area contributed by atoms with Crippen LogP contribution in [0.15, 0.2) is 12.2 Å². The normalized spacial score (nSPS) is 16.4. The fourth-order valence-electron chi connectivity index (χ4n) is 2.46. The van der Waals surface area contributed by atoms with E-state index in [2.05, 4.69) is 31.3 Å². The lowest BCUT2D eigenvalue weighted by Crippen LogP contribution is -2.44. The fraction of sp³-hybridized carbons (Fsp3) is 0.786. The lowest BCUT2D eigenvalue weighted by atomic mass is 9.92. The Morgan fingerprint density at radius 3 is 2.29 bits per heavy atom. The third kappa shape index (κ3) is 4.50. The molecular formula is C14H25NO2. The monoisotopic (exact) mass is 239 g/mol. The molecule has 98 valence electrons. The van der Waals surface area contributed by atoms with Crippen molar-refractivity contribution in [3.8, 4) is 0 Å². The maximum absolute atomic E-state index is 11.8. The van der Waals surface area contributed by atoms with Crippen LogP contribution in [0.4, 0.5) is 0 Å². The highest BCUT2D eigenvalue weighted by molar-refractivity contribution is 5.79. The number of nitrogens with one attached hydrogen (secondary N) is 1. The van der Waals surface area contributed by atoms with E-state index in [-0.39, 0.29) is 11.8 Å². The third-order valence-electron chi connectivity index (χ3n) is 3.40. The molecule has 1 rings (SSSR count). The van der Waals surface area contributed by atoms with Crippen LogP contribution in [0.5, 0.6) is 0 Å². The van der Waals surface area contributed by atoms with Crippen LogP contribution in [0, 0.1) is 5.92 Å². The summed E-state index contributed by atoms with van der Waals surface area (Å²) < 4.78 is 0. The second-order valence-electron chi connectivity index (χ2n) is 5.08. The van der Waals surface area contributed by atoms with E-state index in [1.165, 1.54) is 0 Å². The first kappa shape index (κ1) is 14.2. The van der Waals surface area contributed by atoms with Gasteiger partial charge in [-0.25, -0.2) is 0 Å². The van der Waals surface area contributed by atoms with Crippen LogP contribution in [-0.2, 0) is 4.79 Å². The van der Waals surface area contributed by atoms with Gasteiger partial charge in [0, 0.05) is 12.5 Å². The first-order valence-corrected chi connectivity index (χ1v) is 6.76. The zero-order chi connectivity index (χ0) is 12.7. The predicted molar refractivity (Wildman–Crippen MR) is 69.6 cm³/mol. The number of carbonyl (C=O) groups is 1. The van der Waals surface area contributed by atoms with Gasteiger partial charge in [0.15, 0.2) is 0 Å². The molecule has 0 aromatic carbocycles. The summed E-state index contributed by atoms with van der Waals surface area (Å²) >= 11 is 0. The van der Waals surface area contributed by atoms with Crippen molar-refractivity contribution in [2.24, 2.45) is 5.92 Å². The minimum absolute atomic E-state index is 0.0839. The average Bonchev–Trinajstić information content (AvgIpc) is 2.80. The number of aliphatic hydroxyl groups is 1. The summed E-state index contributed by atoms with van der Waals surface area (Å²) in [5, 5.41) is 13.3. The molecule has 1 amide bonds. The smallest absolute Gasteiger partial charge is 0.223 e. The third-order valence-corrected chi connectivity index (χ3v) is 3.40. The van der Waals surface area contributed by atoms with Gasteiger partial charge in [0.05, 0.1) is 5.60 Å². The minimum atomic E-state index is -0.717. The summed E-state index contributed by atoms with van der Waals surface area (Å²) in [6, 6.07) is 0. The summed E-state index contributed by atoms with van der Waals surface area (Å²) in [5.41, 5.74) is -0.717. The quantitative estimate of drug-likeness (QED) is 0.670. The Morgan fingerprint density at radius 1 is 1.29 bits per heavy atom. The van der Waals surface area contributed by atoms with Gasteiger partial charge in [-0.1, -0.05) is 38.8 Å². The molecule has 0 aromatic heterocycles. The van der Waals surface area contributed by atoms with E-state index in [4.69, 9.17) is 0 Å². The van der Waals surface area contributed by atoms with Gasteiger partial charge in [-0.05, 0) is 25.7 Å². The Labute approximate surface area is 104 Å². The van der Waals surface area contributed by atoms with E-state index in [1.807, 2.05) is 0 Å². The van der Waals surface area contributed by atoms with Crippen LogP contribution in [0.1, 0.15) is 52.4 Å². The molecule has 3 heteroatoms. The number of allylic oxidation sites excluding steroid dienone is 2. The van der Waals surface area contributed by atoms with Crippen LogP contribution in [0.2, 0.25) is 0 Å². The van der Waals surface area contributed by atoms with E-state index in [1.54, 1.807) is 0 Å². The second-order valence-corrected chi connectivity index (χ2v) is 5.08. The highest BCUT2D eigenvalue weighted by atomic mass is 16.3. The van der Waals surface area contributed by atoms with Crippen molar-refractivity contribution in [1.82, 2.24) is 5.32 Å². The van der Waals surface area contributed by atoms with Crippen molar-refractivity contribution in [3.63, 3.8) is 0 Å². The lowest BCUT2D eigenvalue weighted by molar-refractivity contribution is -0.126. The molecule has 0 fully saturated rings. The largest absolute Gasteiger partial charge is 0.388 e. The first-order valence-electron chi connectivity index (χ1n) is 6.76. The highest BCUT2D eigenvalue weighted by Gasteiger charge is 2.27. The molecule has 2 N–H and O–H groups in total. The molecule has 0 aromatic rings. The zero-order valence-corrected chi connectivity index (χ0v) is 11.0. The summed E-state index contributed by atoms with van der Waals surface area (Å²) in [4.78, 5) is 11.8. The van der Waals surface area contributed by atoms with Gasteiger partial charge in [0.1, 0.15) is 0 Å². The number of hydrogen-bond donors (Lipinski definition) is 2. The van der Waals surface area contributed by atoms with Crippen LogP contribution in [0.3, 0.4) is 0 Å². The van der Waals surface area contributed by atoms with Crippen molar-refractivity contribution in [1.29, 1.82) is 0 Å². The molecule has 0 unspecified atom stereocenters. The van der Waals surface area contributed by atoms with Crippen molar-refractivity contribution < 1.29 is 9.90 Å². The summed E-state index contributed by atoms with van der Waals surface area (Å²) in [6.45, 7) is 4.51. The zero-order valence-electron chi connectivity index (χ0n) is 11.0. The topological polar surface area (TPSA) is 49.3 Å². The molecule has 0 aliphatic heterocycles. The molecule has 0 atom stereocenters. The Bertz CT molecular complexity index is 259. The van der Waals surface area contributed by atoms with Crippen molar-refractivity contribution in [3.05, 3.63) is 12.2 Å². The van der Waals surface area contributed by atoms with Gasteiger partial charge in [-0.15, -0.1) is 0 Å². The molecular weight excluding hydrogens is 214 g/mol. The Kier molecular flexibility index (Phi) is 5.69. The molecule has 0 saturated heterocycles. The molecule has 0 saturated carbocycles. The number of amides is 1. The van der Waals surface area contributed by atoms with Gasteiger partial charge in [0.2, 0.25) is 5.91 Å². The highest BCUT2D eigenvalue weighted by Crippen LogP contribution is 2.20. The van der Waals surface area contributed by atoms with E-state index >= 15 is 0 Å². The first-order chi connectivity index (χ1) is 8.11. The molecule has 0 spiro atoms. The average molecular weight is 239 g/mol. The van der Waals surface area contributed by atoms with E-state index < -0.39 is 5.60 Å². The lowest BCUT2D eigenvalue weighted by Gasteiger charge is -2.28. The molecule has 0 bridgehead atoms. The number of carbonyl (C=O) groups excluding carboxylic acids is 1. The SMILES string of the molecule is CCCC(O)(CCC)CNC(=O)C1CC=CC1. The van der Waals surface area contributed by atoms with Gasteiger partial charge in [-0.2, -0.15) is 0 Å². The van der Waals surface area contributed by atoms with E-state index in [0.29, 0.717) is 6.54 Å². The van der Waals surface area contributed by atoms with Crippen LogP contribution < -0.4 is 5.32 Å². The van der Waals surface area contributed by atoms with Crippen LogP contribution >= 0.6 is 0 Å². The Balaban J connectivity index is 2.37. The van der Waals surface area contributed by atoms with E-state index in [0.717, 1.165) is 38.5 Å². The van der Waals surface area contributed by atoms with Gasteiger partial charge in [-0.3, -0.25) is 4.79 Å².